The minimum Gasteiger partial charge on any atom is -0.376 e. The Balaban J connectivity index is 1.72. The van der Waals surface area contributed by atoms with Crippen molar-refractivity contribution >= 4 is 17.6 Å². The van der Waals surface area contributed by atoms with Crippen LogP contribution in [0.4, 0.5) is 0 Å². The fraction of sp³-hybridized carbons (Fsp3) is 0.273. The third-order valence-electron chi connectivity index (χ3n) is 4.71. The summed E-state index contributed by atoms with van der Waals surface area (Å²) in [4.78, 5) is 5.71. The van der Waals surface area contributed by atoms with E-state index in [2.05, 4.69) is 36.6 Å². The molecule has 2 aromatic carbocycles. The first-order chi connectivity index (χ1) is 13.3. The highest BCUT2D eigenvalue weighted by Crippen LogP contribution is 2.20. The highest BCUT2D eigenvalue weighted by atomic mass is 32.1. The molecule has 2 heterocycles. The molecule has 0 spiro atoms. The Hall–Kier alpha value is -2.50. The van der Waals surface area contributed by atoms with Gasteiger partial charge in [-0.05, 0) is 30.9 Å². The molecule has 4 rings (SSSR count). The number of rotatable bonds is 5. The minimum absolute atomic E-state index is 0.237. The molecule has 0 N–H and O–H groups in total. The van der Waals surface area contributed by atoms with Crippen molar-refractivity contribution in [3.8, 4) is 11.3 Å². The molecule has 1 fully saturated rings. The van der Waals surface area contributed by atoms with E-state index in [0.717, 1.165) is 41.1 Å². The predicted molar refractivity (Wildman–Crippen MR) is 111 cm³/mol. The van der Waals surface area contributed by atoms with Crippen molar-refractivity contribution in [3.63, 3.8) is 0 Å². The first-order valence-electron chi connectivity index (χ1n) is 9.29. The van der Waals surface area contributed by atoms with Crippen LogP contribution >= 0.6 is 11.3 Å². The maximum atomic E-state index is 5.71. The van der Waals surface area contributed by atoms with E-state index in [0.29, 0.717) is 6.54 Å². The summed E-state index contributed by atoms with van der Waals surface area (Å²) < 4.78 is 7.66. The molecule has 5 heteroatoms. The Morgan fingerprint density at radius 1 is 1.15 bits per heavy atom. The van der Waals surface area contributed by atoms with Gasteiger partial charge in [0.2, 0.25) is 4.80 Å². The molecule has 0 aliphatic carbocycles. The summed E-state index contributed by atoms with van der Waals surface area (Å²) >= 11 is 1.62. The largest absolute Gasteiger partial charge is 0.376 e. The summed E-state index contributed by atoms with van der Waals surface area (Å²) in [5, 5.41) is 6.91. The van der Waals surface area contributed by atoms with Gasteiger partial charge in [0.15, 0.2) is 0 Å². The van der Waals surface area contributed by atoms with Crippen molar-refractivity contribution in [2.24, 2.45) is 10.1 Å². The quantitative estimate of drug-likeness (QED) is 0.604. The summed E-state index contributed by atoms with van der Waals surface area (Å²) in [6, 6.07) is 18.6. The number of aromatic nitrogens is 1. The highest BCUT2D eigenvalue weighted by Gasteiger charge is 2.15. The maximum absolute atomic E-state index is 5.71. The van der Waals surface area contributed by atoms with E-state index < -0.39 is 0 Å². The summed E-state index contributed by atoms with van der Waals surface area (Å²) in [6.07, 6.45) is 4.37. The van der Waals surface area contributed by atoms with E-state index in [1.807, 2.05) is 41.2 Å². The second-order valence-corrected chi connectivity index (χ2v) is 7.49. The second kappa shape index (κ2) is 8.46. The van der Waals surface area contributed by atoms with E-state index in [1.165, 1.54) is 5.56 Å². The van der Waals surface area contributed by atoms with Crippen LogP contribution in [-0.2, 0) is 4.74 Å². The average Bonchev–Trinajstić information content (AvgIpc) is 3.36. The van der Waals surface area contributed by atoms with Gasteiger partial charge in [0.25, 0.3) is 0 Å². The van der Waals surface area contributed by atoms with Crippen LogP contribution in [-0.4, -0.2) is 30.1 Å². The van der Waals surface area contributed by atoms with Crippen LogP contribution in [0.25, 0.3) is 11.3 Å². The first-order valence-corrected chi connectivity index (χ1v) is 10.2. The number of hydrogen-bond acceptors (Lipinski definition) is 4. The standard InChI is InChI=1S/C22H23N3OS/c1-17-8-5-6-11-19(17)14-24-25-21(18-9-3-2-4-10-18)16-27-22(25)23-15-20-12-7-13-26-20/h2-6,8-11,14,16,20H,7,12-13,15H2,1H3/b23-22?,24-14-/t20-/m0/s1. The van der Waals surface area contributed by atoms with Crippen LogP contribution in [0.1, 0.15) is 24.0 Å². The third kappa shape index (κ3) is 4.26. The van der Waals surface area contributed by atoms with Crippen LogP contribution in [0.3, 0.4) is 0 Å². The number of nitrogens with zero attached hydrogens (tertiary/aromatic N) is 3. The molecule has 4 nitrogen and oxygen atoms in total. The molecular weight excluding hydrogens is 354 g/mol. The second-order valence-electron chi connectivity index (χ2n) is 6.66. The summed E-state index contributed by atoms with van der Waals surface area (Å²) in [5.41, 5.74) is 4.50. The first kappa shape index (κ1) is 17.9. The zero-order chi connectivity index (χ0) is 18.5. The Labute approximate surface area is 163 Å². The summed E-state index contributed by atoms with van der Waals surface area (Å²) in [6.45, 7) is 3.64. The lowest BCUT2D eigenvalue weighted by Crippen LogP contribution is -2.17. The summed E-state index contributed by atoms with van der Waals surface area (Å²) in [5.74, 6) is 0. The zero-order valence-corrected chi connectivity index (χ0v) is 16.2. The third-order valence-corrected chi connectivity index (χ3v) is 5.56. The molecule has 27 heavy (non-hydrogen) atoms. The minimum atomic E-state index is 0.237. The van der Waals surface area contributed by atoms with Gasteiger partial charge in [0, 0.05) is 17.6 Å². The number of aryl methyl sites for hydroxylation is 1. The van der Waals surface area contributed by atoms with E-state index in [9.17, 15) is 0 Å². The fourth-order valence-corrected chi connectivity index (χ4v) is 3.99. The highest BCUT2D eigenvalue weighted by molar-refractivity contribution is 7.07. The van der Waals surface area contributed by atoms with Crippen molar-refractivity contribution in [3.05, 3.63) is 75.9 Å². The van der Waals surface area contributed by atoms with E-state index in [4.69, 9.17) is 14.8 Å². The van der Waals surface area contributed by atoms with Crippen molar-refractivity contribution in [1.82, 2.24) is 4.68 Å². The zero-order valence-electron chi connectivity index (χ0n) is 15.4. The van der Waals surface area contributed by atoms with Crippen LogP contribution < -0.4 is 4.80 Å². The van der Waals surface area contributed by atoms with E-state index >= 15 is 0 Å². The molecule has 0 bridgehead atoms. The monoisotopic (exact) mass is 377 g/mol. The van der Waals surface area contributed by atoms with Gasteiger partial charge in [-0.1, -0.05) is 54.6 Å². The molecular formula is C22H23N3OS. The summed E-state index contributed by atoms with van der Waals surface area (Å²) in [7, 11) is 0. The molecule has 1 aromatic heterocycles. The van der Waals surface area contributed by atoms with Gasteiger partial charge in [-0.3, -0.25) is 4.99 Å². The number of hydrogen-bond donors (Lipinski definition) is 0. The van der Waals surface area contributed by atoms with Gasteiger partial charge >= 0.3 is 0 Å². The Kier molecular flexibility index (Phi) is 5.61. The van der Waals surface area contributed by atoms with Crippen molar-refractivity contribution in [2.45, 2.75) is 25.9 Å². The lowest BCUT2D eigenvalue weighted by Gasteiger charge is -2.06. The SMILES string of the molecule is Cc1ccccc1/C=N\n1c(-c2ccccc2)csc1=NC[C@@H]1CCCO1. The Morgan fingerprint density at radius 2 is 1.96 bits per heavy atom. The lowest BCUT2D eigenvalue weighted by molar-refractivity contribution is 0.117. The molecule has 0 radical (unpaired) electrons. The molecule has 0 amide bonds. The van der Waals surface area contributed by atoms with Crippen LogP contribution in [0.2, 0.25) is 0 Å². The van der Waals surface area contributed by atoms with Crippen LogP contribution in [0.15, 0.2) is 70.1 Å². The van der Waals surface area contributed by atoms with Gasteiger partial charge < -0.3 is 4.74 Å². The lowest BCUT2D eigenvalue weighted by atomic mass is 10.1. The average molecular weight is 378 g/mol. The van der Waals surface area contributed by atoms with Crippen molar-refractivity contribution in [1.29, 1.82) is 0 Å². The topological polar surface area (TPSA) is 38.9 Å². The molecule has 138 valence electrons. The van der Waals surface area contributed by atoms with Gasteiger partial charge in [0.05, 0.1) is 24.6 Å². The number of thiazole rings is 1. The van der Waals surface area contributed by atoms with E-state index in [1.54, 1.807) is 11.3 Å². The normalized spacial score (nSPS) is 17.8. The Bertz CT molecular complexity index is 982. The van der Waals surface area contributed by atoms with Crippen molar-refractivity contribution in [2.75, 3.05) is 13.2 Å². The molecule has 1 aliphatic heterocycles. The fourth-order valence-electron chi connectivity index (χ4n) is 3.15. The van der Waals surface area contributed by atoms with Gasteiger partial charge in [-0.15, -0.1) is 11.3 Å². The van der Waals surface area contributed by atoms with Crippen molar-refractivity contribution < 1.29 is 4.74 Å². The smallest absolute Gasteiger partial charge is 0.206 e. The Morgan fingerprint density at radius 3 is 2.74 bits per heavy atom. The number of benzene rings is 2. The molecule has 0 saturated carbocycles. The van der Waals surface area contributed by atoms with Gasteiger partial charge in [-0.25, -0.2) is 4.68 Å². The van der Waals surface area contributed by atoms with Gasteiger partial charge in [-0.2, -0.15) is 5.10 Å². The molecule has 1 aliphatic rings. The number of ether oxygens (including phenoxy) is 1. The predicted octanol–water partition coefficient (Wildman–Crippen LogP) is 4.49. The molecule has 3 aromatic rings. The molecule has 1 saturated heterocycles. The van der Waals surface area contributed by atoms with Crippen LogP contribution in [0, 0.1) is 6.92 Å². The molecule has 1 atom stereocenters. The van der Waals surface area contributed by atoms with E-state index in [-0.39, 0.29) is 6.10 Å². The van der Waals surface area contributed by atoms with Gasteiger partial charge in [0.1, 0.15) is 0 Å². The molecule has 0 unspecified atom stereocenters. The van der Waals surface area contributed by atoms with Crippen LogP contribution in [0.5, 0.6) is 0 Å². The maximum Gasteiger partial charge on any atom is 0.206 e.